The van der Waals surface area contributed by atoms with Crippen molar-refractivity contribution in [3.05, 3.63) is 52.0 Å². The van der Waals surface area contributed by atoms with Gasteiger partial charge < -0.3 is 0 Å². The Morgan fingerprint density at radius 2 is 2.15 bits per heavy atom. The highest BCUT2D eigenvalue weighted by Gasteiger charge is 2.17. The molecule has 0 radical (unpaired) electrons. The third-order valence-electron chi connectivity index (χ3n) is 3.77. The van der Waals surface area contributed by atoms with E-state index in [9.17, 15) is 4.39 Å². The van der Waals surface area contributed by atoms with Crippen molar-refractivity contribution in [2.24, 2.45) is 0 Å². The number of nitrogens with zero attached hydrogens (tertiary/aromatic N) is 2. The molecule has 0 saturated heterocycles. The lowest BCUT2D eigenvalue weighted by molar-refractivity contribution is 0.628. The van der Waals surface area contributed by atoms with Gasteiger partial charge in [-0.25, -0.2) is 13.9 Å². The molecule has 3 aromatic rings. The fourth-order valence-corrected chi connectivity index (χ4v) is 3.16. The minimum Gasteiger partial charge on any atom is -0.291 e. The van der Waals surface area contributed by atoms with E-state index in [4.69, 9.17) is 12.2 Å². The van der Waals surface area contributed by atoms with E-state index in [2.05, 4.69) is 10.1 Å². The Bertz CT molecular complexity index is 878. The molecule has 2 aromatic heterocycles. The van der Waals surface area contributed by atoms with Gasteiger partial charge >= 0.3 is 0 Å². The van der Waals surface area contributed by atoms with Crippen LogP contribution in [0.4, 0.5) is 4.39 Å². The van der Waals surface area contributed by atoms with Crippen LogP contribution in [0.2, 0.25) is 0 Å². The lowest BCUT2D eigenvalue weighted by Crippen LogP contribution is -1.99. The quantitative estimate of drug-likeness (QED) is 0.692. The molecule has 2 heterocycles. The first-order valence-electron chi connectivity index (χ1n) is 6.62. The van der Waals surface area contributed by atoms with E-state index in [0.717, 1.165) is 46.5 Å². The van der Waals surface area contributed by atoms with Gasteiger partial charge in [0.1, 0.15) is 10.5 Å². The Hall–Kier alpha value is -2.01. The molecule has 4 rings (SSSR count). The molecule has 1 aliphatic rings. The summed E-state index contributed by atoms with van der Waals surface area (Å²) in [4.78, 5) is 4.66. The molecule has 5 heteroatoms. The summed E-state index contributed by atoms with van der Waals surface area (Å²) in [6.45, 7) is 0. The number of hydrogen-bond acceptors (Lipinski definition) is 2. The van der Waals surface area contributed by atoms with Crippen LogP contribution in [-0.4, -0.2) is 14.6 Å². The number of halogens is 1. The van der Waals surface area contributed by atoms with Crippen LogP contribution in [0.3, 0.4) is 0 Å². The standard InChI is InChI=1S/C15H12FN3S/c16-10-4-1-3-9(7-10)13-8-14-17-12-6-2-5-11(12)15(20)19(14)18-13/h1,3-4,7-8,18H,2,5-6H2. The van der Waals surface area contributed by atoms with Crippen molar-refractivity contribution < 1.29 is 4.39 Å². The van der Waals surface area contributed by atoms with Crippen molar-refractivity contribution in [2.75, 3.05) is 0 Å². The third-order valence-corrected chi connectivity index (χ3v) is 4.20. The third kappa shape index (κ3) is 1.70. The number of rotatable bonds is 1. The monoisotopic (exact) mass is 285 g/mol. The number of H-pyrrole nitrogens is 1. The lowest BCUT2D eigenvalue weighted by atomic mass is 10.1. The van der Waals surface area contributed by atoms with Gasteiger partial charge in [0.15, 0.2) is 5.65 Å². The van der Waals surface area contributed by atoms with Crippen molar-refractivity contribution in [2.45, 2.75) is 19.3 Å². The number of aromatic amines is 1. The molecule has 0 amide bonds. The average molecular weight is 285 g/mol. The first kappa shape index (κ1) is 11.8. The molecule has 0 fully saturated rings. The summed E-state index contributed by atoms with van der Waals surface area (Å²) in [7, 11) is 0. The van der Waals surface area contributed by atoms with Crippen LogP contribution in [0, 0.1) is 10.5 Å². The van der Waals surface area contributed by atoms with Crippen LogP contribution in [0.25, 0.3) is 16.9 Å². The van der Waals surface area contributed by atoms with E-state index in [1.54, 1.807) is 6.07 Å². The second kappa shape index (κ2) is 4.24. The van der Waals surface area contributed by atoms with E-state index in [0.29, 0.717) is 0 Å². The molecular formula is C15H12FN3S. The fraction of sp³-hybridized carbons (Fsp3) is 0.200. The van der Waals surface area contributed by atoms with Crippen LogP contribution in [0.15, 0.2) is 30.3 Å². The van der Waals surface area contributed by atoms with Gasteiger partial charge in [-0.15, -0.1) is 0 Å². The lowest BCUT2D eigenvalue weighted by Gasteiger charge is -2.01. The highest BCUT2D eigenvalue weighted by Crippen LogP contribution is 2.25. The van der Waals surface area contributed by atoms with Crippen molar-refractivity contribution >= 4 is 17.9 Å². The highest BCUT2D eigenvalue weighted by molar-refractivity contribution is 7.71. The maximum atomic E-state index is 13.3. The van der Waals surface area contributed by atoms with E-state index in [-0.39, 0.29) is 5.82 Å². The summed E-state index contributed by atoms with van der Waals surface area (Å²) in [5, 5.41) is 3.22. The zero-order chi connectivity index (χ0) is 13.7. The fourth-order valence-electron chi connectivity index (χ4n) is 2.80. The van der Waals surface area contributed by atoms with Gasteiger partial charge in [0.25, 0.3) is 0 Å². The molecule has 0 aliphatic heterocycles. The maximum absolute atomic E-state index is 13.3. The number of fused-ring (bicyclic) bond motifs is 2. The zero-order valence-electron chi connectivity index (χ0n) is 10.7. The van der Waals surface area contributed by atoms with Crippen molar-refractivity contribution in [3.63, 3.8) is 0 Å². The normalized spacial score (nSPS) is 13.8. The van der Waals surface area contributed by atoms with Crippen LogP contribution in [0.1, 0.15) is 17.7 Å². The van der Waals surface area contributed by atoms with Gasteiger partial charge in [0.2, 0.25) is 0 Å². The number of nitrogens with one attached hydrogen (secondary N) is 1. The minimum absolute atomic E-state index is 0.250. The largest absolute Gasteiger partial charge is 0.291 e. The van der Waals surface area contributed by atoms with Crippen LogP contribution in [-0.2, 0) is 12.8 Å². The van der Waals surface area contributed by atoms with Gasteiger partial charge in [0, 0.05) is 22.9 Å². The second-order valence-corrected chi connectivity index (χ2v) is 5.46. The Morgan fingerprint density at radius 1 is 1.25 bits per heavy atom. The molecule has 0 unspecified atom stereocenters. The first-order chi connectivity index (χ1) is 9.72. The molecule has 1 N–H and O–H groups in total. The maximum Gasteiger partial charge on any atom is 0.155 e. The molecule has 3 nitrogen and oxygen atoms in total. The molecule has 20 heavy (non-hydrogen) atoms. The molecule has 1 aromatic carbocycles. The van der Waals surface area contributed by atoms with Crippen LogP contribution in [0.5, 0.6) is 0 Å². The van der Waals surface area contributed by atoms with Crippen LogP contribution < -0.4 is 0 Å². The minimum atomic E-state index is -0.250. The molecule has 100 valence electrons. The number of aromatic nitrogens is 3. The number of benzene rings is 1. The topological polar surface area (TPSA) is 33.1 Å². The van der Waals surface area contributed by atoms with Gasteiger partial charge in [-0.3, -0.25) is 5.10 Å². The Morgan fingerprint density at radius 3 is 3.00 bits per heavy atom. The summed E-state index contributed by atoms with van der Waals surface area (Å²) in [6.07, 6.45) is 3.12. The summed E-state index contributed by atoms with van der Waals surface area (Å²) < 4.78 is 15.9. The molecule has 1 aliphatic carbocycles. The summed E-state index contributed by atoms with van der Waals surface area (Å²) in [5.41, 5.74) is 4.71. The zero-order valence-corrected chi connectivity index (χ0v) is 11.5. The van der Waals surface area contributed by atoms with Crippen molar-refractivity contribution in [3.8, 4) is 11.3 Å². The molecule has 0 atom stereocenters. The summed E-state index contributed by atoms with van der Waals surface area (Å²) >= 11 is 5.53. The Balaban J connectivity index is 1.96. The van der Waals surface area contributed by atoms with E-state index >= 15 is 0 Å². The van der Waals surface area contributed by atoms with Crippen LogP contribution >= 0.6 is 12.2 Å². The van der Waals surface area contributed by atoms with Crippen molar-refractivity contribution in [1.29, 1.82) is 0 Å². The predicted molar refractivity (Wildman–Crippen MR) is 77.8 cm³/mol. The summed E-state index contributed by atoms with van der Waals surface area (Å²) in [6, 6.07) is 8.42. The first-order valence-corrected chi connectivity index (χ1v) is 7.03. The second-order valence-electron chi connectivity index (χ2n) is 5.07. The molecule has 0 saturated carbocycles. The molecule has 0 spiro atoms. The Kier molecular flexibility index (Phi) is 2.50. The average Bonchev–Trinajstić information content (AvgIpc) is 3.05. The molecular weight excluding hydrogens is 273 g/mol. The van der Waals surface area contributed by atoms with E-state index < -0.39 is 0 Å². The Labute approximate surface area is 120 Å². The SMILES string of the molecule is Fc1cccc(-c2cc3nc4c(c(=S)n3[nH]2)CCC4)c1. The number of hydrogen-bond donors (Lipinski definition) is 1. The van der Waals surface area contributed by atoms with Gasteiger partial charge in [-0.1, -0.05) is 24.4 Å². The smallest absolute Gasteiger partial charge is 0.155 e. The predicted octanol–water partition coefficient (Wildman–Crippen LogP) is 3.69. The van der Waals surface area contributed by atoms with Gasteiger partial charge in [-0.2, -0.15) is 0 Å². The van der Waals surface area contributed by atoms with E-state index in [1.807, 2.05) is 16.6 Å². The van der Waals surface area contributed by atoms with E-state index in [1.165, 1.54) is 17.7 Å². The number of aryl methyl sites for hydroxylation is 1. The van der Waals surface area contributed by atoms with Gasteiger partial charge in [-0.05, 0) is 31.4 Å². The van der Waals surface area contributed by atoms with Gasteiger partial charge in [0.05, 0.1) is 5.69 Å². The highest BCUT2D eigenvalue weighted by atomic mass is 32.1. The molecule has 0 bridgehead atoms. The summed E-state index contributed by atoms with van der Waals surface area (Å²) in [5.74, 6) is -0.250. The van der Waals surface area contributed by atoms with Crippen molar-refractivity contribution in [1.82, 2.24) is 14.6 Å².